The minimum atomic E-state index is -1.27. The number of hydrogen-bond acceptors (Lipinski definition) is 5. The molecule has 0 aliphatic carbocycles. The number of halogens is 1. The standard InChI is InChI=1S/C15H7ClN2O6/c16-9-5-4-7(15(21)22)6-11(9)17-13(19)8-2-1-3-10(18(23)24)12(8)14(17)20/h1-6H,(H,21,22). The van der Waals surface area contributed by atoms with E-state index in [1.165, 1.54) is 24.3 Å². The molecule has 24 heavy (non-hydrogen) atoms. The molecule has 2 amide bonds. The van der Waals surface area contributed by atoms with E-state index in [4.69, 9.17) is 16.7 Å². The Morgan fingerprint density at radius 1 is 1.17 bits per heavy atom. The van der Waals surface area contributed by atoms with E-state index in [1.807, 2.05) is 0 Å². The van der Waals surface area contributed by atoms with Crippen LogP contribution >= 0.6 is 11.6 Å². The molecule has 0 radical (unpaired) electrons. The van der Waals surface area contributed by atoms with E-state index >= 15 is 0 Å². The van der Waals surface area contributed by atoms with Crippen molar-refractivity contribution in [3.8, 4) is 0 Å². The number of hydrogen-bond donors (Lipinski definition) is 1. The molecule has 0 aromatic heterocycles. The van der Waals surface area contributed by atoms with Gasteiger partial charge in [0, 0.05) is 6.07 Å². The lowest BCUT2D eigenvalue weighted by Gasteiger charge is -2.16. The van der Waals surface area contributed by atoms with Crippen LogP contribution in [0, 0.1) is 10.1 Å². The van der Waals surface area contributed by atoms with Crippen LogP contribution in [0.3, 0.4) is 0 Å². The molecular formula is C15H7ClN2O6. The van der Waals surface area contributed by atoms with Crippen molar-refractivity contribution in [2.75, 3.05) is 4.90 Å². The van der Waals surface area contributed by atoms with Gasteiger partial charge in [-0.25, -0.2) is 9.69 Å². The molecular weight excluding hydrogens is 340 g/mol. The molecule has 0 saturated heterocycles. The van der Waals surface area contributed by atoms with Crippen LogP contribution in [0.25, 0.3) is 0 Å². The second kappa shape index (κ2) is 5.43. The zero-order valence-electron chi connectivity index (χ0n) is 11.7. The minimum Gasteiger partial charge on any atom is -0.478 e. The Hall–Kier alpha value is -3.26. The molecule has 0 atom stereocenters. The average Bonchev–Trinajstić information content (AvgIpc) is 2.79. The summed E-state index contributed by atoms with van der Waals surface area (Å²) in [7, 11) is 0. The fraction of sp³-hybridized carbons (Fsp3) is 0. The molecule has 9 heteroatoms. The molecule has 1 aliphatic rings. The molecule has 8 nitrogen and oxygen atoms in total. The monoisotopic (exact) mass is 346 g/mol. The van der Waals surface area contributed by atoms with Gasteiger partial charge in [-0.15, -0.1) is 0 Å². The van der Waals surface area contributed by atoms with Crippen LogP contribution in [-0.4, -0.2) is 27.8 Å². The van der Waals surface area contributed by atoms with Gasteiger partial charge in [-0.2, -0.15) is 0 Å². The number of carbonyl (C=O) groups is 3. The number of amides is 2. The van der Waals surface area contributed by atoms with E-state index in [1.54, 1.807) is 0 Å². The van der Waals surface area contributed by atoms with Crippen LogP contribution < -0.4 is 4.90 Å². The fourth-order valence-corrected chi connectivity index (χ4v) is 2.66. The van der Waals surface area contributed by atoms with Gasteiger partial charge in [0.15, 0.2) is 0 Å². The summed E-state index contributed by atoms with van der Waals surface area (Å²) in [4.78, 5) is 47.1. The lowest BCUT2D eigenvalue weighted by atomic mass is 10.1. The maximum absolute atomic E-state index is 12.6. The van der Waals surface area contributed by atoms with Crippen molar-refractivity contribution >= 4 is 40.8 Å². The van der Waals surface area contributed by atoms with Crippen molar-refractivity contribution in [3.63, 3.8) is 0 Å². The van der Waals surface area contributed by atoms with E-state index in [0.717, 1.165) is 12.1 Å². The number of carboxylic acids is 1. The maximum Gasteiger partial charge on any atom is 0.335 e. The lowest BCUT2D eigenvalue weighted by Crippen LogP contribution is -2.30. The Balaban J connectivity index is 2.19. The van der Waals surface area contributed by atoms with Crippen molar-refractivity contribution < 1.29 is 24.4 Å². The highest BCUT2D eigenvalue weighted by molar-refractivity contribution is 6.40. The summed E-state index contributed by atoms with van der Waals surface area (Å²) in [6.45, 7) is 0. The third-order valence-electron chi connectivity index (χ3n) is 3.52. The number of carboxylic acid groups (broad SMARTS) is 1. The summed E-state index contributed by atoms with van der Waals surface area (Å²) in [5.74, 6) is -3.00. The zero-order valence-corrected chi connectivity index (χ0v) is 12.5. The molecule has 2 aromatic carbocycles. The van der Waals surface area contributed by atoms with Gasteiger partial charge < -0.3 is 5.11 Å². The van der Waals surface area contributed by atoms with E-state index in [9.17, 15) is 24.5 Å². The molecule has 2 aromatic rings. The molecule has 1 aliphatic heterocycles. The number of imide groups is 1. The second-order valence-electron chi connectivity index (χ2n) is 4.87. The first-order valence-corrected chi connectivity index (χ1v) is 6.89. The quantitative estimate of drug-likeness (QED) is 0.518. The normalized spacial score (nSPS) is 13.1. The fourth-order valence-electron chi connectivity index (χ4n) is 2.46. The summed E-state index contributed by atoms with van der Waals surface area (Å²) in [5, 5.41) is 20.1. The highest BCUT2D eigenvalue weighted by Crippen LogP contribution is 2.37. The third kappa shape index (κ3) is 2.20. The predicted molar refractivity (Wildman–Crippen MR) is 82.6 cm³/mol. The van der Waals surface area contributed by atoms with Crippen LogP contribution in [0.15, 0.2) is 36.4 Å². The van der Waals surface area contributed by atoms with Gasteiger partial charge in [0.05, 0.1) is 26.8 Å². The van der Waals surface area contributed by atoms with Gasteiger partial charge in [-0.1, -0.05) is 17.7 Å². The topological polar surface area (TPSA) is 118 Å². The Bertz CT molecular complexity index is 940. The summed E-state index contributed by atoms with van der Waals surface area (Å²) in [6, 6.07) is 7.21. The van der Waals surface area contributed by atoms with Gasteiger partial charge >= 0.3 is 5.97 Å². The van der Waals surface area contributed by atoms with E-state index < -0.39 is 28.4 Å². The number of nitrogens with zero attached hydrogens (tertiary/aromatic N) is 2. The SMILES string of the molecule is O=C(O)c1ccc(Cl)c(N2C(=O)c3cccc([N+](=O)[O-])c3C2=O)c1. The Kier molecular flexibility index (Phi) is 3.53. The zero-order chi connectivity index (χ0) is 17.6. The molecule has 1 heterocycles. The second-order valence-corrected chi connectivity index (χ2v) is 5.28. The molecule has 0 fully saturated rings. The van der Waals surface area contributed by atoms with Crippen LogP contribution in [0.1, 0.15) is 31.1 Å². The molecule has 0 unspecified atom stereocenters. The lowest BCUT2D eigenvalue weighted by molar-refractivity contribution is -0.385. The van der Waals surface area contributed by atoms with Crippen LogP contribution in [0.4, 0.5) is 11.4 Å². The van der Waals surface area contributed by atoms with Gasteiger partial charge in [0.2, 0.25) is 0 Å². The molecule has 0 bridgehead atoms. The summed E-state index contributed by atoms with van der Waals surface area (Å²) in [6.07, 6.45) is 0. The van der Waals surface area contributed by atoms with E-state index in [-0.39, 0.29) is 27.4 Å². The number of aromatic carboxylic acids is 1. The smallest absolute Gasteiger partial charge is 0.335 e. The summed E-state index contributed by atoms with van der Waals surface area (Å²) >= 11 is 5.98. The Morgan fingerprint density at radius 2 is 1.88 bits per heavy atom. The Labute approximate surface area is 139 Å². The molecule has 120 valence electrons. The van der Waals surface area contributed by atoms with Crippen molar-refractivity contribution in [2.24, 2.45) is 0 Å². The number of nitro groups is 1. The molecule has 0 spiro atoms. The van der Waals surface area contributed by atoms with Crippen molar-refractivity contribution in [1.29, 1.82) is 0 Å². The van der Waals surface area contributed by atoms with Gasteiger partial charge in [0.25, 0.3) is 17.5 Å². The third-order valence-corrected chi connectivity index (χ3v) is 3.84. The number of anilines is 1. The van der Waals surface area contributed by atoms with Crippen LogP contribution in [0.5, 0.6) is 0 Å². The predicted octanol–water partition coefficient (Wildman–Crippen LogP) is 2.75. The molecule has 3 rings (SSSR count). The first-order valence-electron chi connectivity index (χ1n) is 6.52. The van der Waals surface area contributed by atoms with Crippen molar-refractivity contribution in [1.82, 2.24) is 0 Å². The highest BCUT2D eigenvalue weighted by atomic mass is 35.5. The first-order chi connectivity index (χ1) is 11.3. The first kappa shape index (κ1) is 15.6. The minimum absolute atomic E-state index is 0.0304. The summed E-state index contributed by atoms with van der Waals surface area (Å²) in [5.41, 5.74) is -1.30. The van der Waals surface area contributed by atoms with Crippen LogP contribution in [0.2, 0.25) is 5.02 Å². The number of nitro benzene ring substituents is 1. The van der Waals surface area contributed by atoms with Gasteiger partial charge in [0.1, 0.15) is 5.56 Å². The Morgan fingerprint density at radius 3 is 2.50 bits per heavy atom. The number of benzene rings is 2. The number of carbonyl (C=O) groups excluding carboxylic acids is 2. The summed E-state index contributed by atoms with van der Waals surface area (Å²) < 4.78 is 0. The largest absolute Gasteiger partial charge is 0.478 e. The van der Waals surface area contributed by atoms with Crippen molar-refractivity contribution in [3.05, 3.63) is 68.2 Å². The average molecular weight is 347 g/mol. The van der Waals surface area contributed by atoms with Gasteiger partial charge in [-0.3, -0.25) is 19.7 Å². The van der Waals surface area contributed by atoms with Crippen molar-refractivity contribution in [2.45, 2.75) is 0 Å². The number of fused-ring (bicyclic) bond motifs is 1. The molecule has 1 N–H and O–H groups in total. The highest BCUT2D eigenvalue weighted by Gasteiger charge is 2.42. The maximum atomic E-state index is 12.6. The molecule has 0 saturated carbocycles. The van der Waals surface area contributed by atoms with E-state index in [0.29, 0.717) is 4.90 Å². The number of rotatable bonds is 3. The van der Waals surface area contributed by atoms with E-state index in [2.05, 4.69) is 0 Å². The van der Waals surface area contributed by atoms with Crippen LogP contribution in [-0.2, 0) is 0 Å². The van der Waals surface area contributed by atoms with Gasteiger partial charge in [-0.05, 0) is 24.3 Å².